The number of nitrogens with one attached hydrogen (secondary N) is 1. The lowest BCUT2D eigenvalue weighted by Gasteiger charge is -2.29. The molecule has 8 nitrogen and oxygen atoms in total. The first-order valence-electron chi connectivity index (χ1n) is 11.4. The number of pyridine rings is 1. The van der Waals surface area contributed by atoms with Crippen molar-refractivity contribution in [3.8, 4) is 0 Å². The van der Waals surface area contributed by atoms with Crippen LogP contribution < -0.4 is 0 Å². The Morgan fingerprint density at radius 2 is 1.94 bits per heavy atom. The minimum Gasteiger partial charge on any atom is -0.465 e. The maximum Gasteiger partial charge on any atom is 0.324 e. The van der Waals surface area contributed by atoms with Crippen LogP contribution in [0.2, 0.25) is 0 Å². The average Bonchev–Trinajstić information content (AvgIpc) is 3.17. The molecule has 0 radical (unpaired) electrons. The van der Waals surface area contributed by atoms with Crippen LogP contribution in [0.25, 0.3) is 11.0 Å². The van der Waals surface area contributed by atoms with Gasteiger partial charge in [-0.3, -0.25) is 9.78 Å². The van der Waals surface area contributed by atoms with Gasteiger partial charge in [0.05, 0.1) is 22.7 Å². The van der Waals surface area contributed by atoms with Crippen LogP contribution in [0.5, 0.6) is 0 Å². The number of esters is 1. The van der Waals surface area contributed by atoms with E-state index in [1.165, 1.54) is 10.4 Å². The summed E-state index contributed by atoms with van der Waals surface area (Å²) in [5, 5.41) is 0. The number of imidazole rings is 1. The van der Waals surface area contributed by atoms with E-state index in [0.29, 0.717) is 12.8 Å². The fourth-order valence-corrected chi connectivity index (χ4v) is 5.45. The molecule has 0 saturated heterocycles. The molecule has 9 heteroatoms. The van der Waals surface area contributed by atoms with Gasteiger partial charge in [-0.05, 0) is 49.9 Å². The van der Waals surface area contributed by atoms with E-state index in [9.17, 15) is 13.2 Å². The van der Waals surface area contributed by atoms with Crippen molar-refractivity contribution in [3.05, 3.63) is 66.3 Å². The standard InChI is InChI=1S/C25H32N4O4S/c1-6-14-29(23(15-17(3)4)25(30)33-7-2)34(31,32)20-10-8-19(9-11-20)16-22-24-21(12-13-26-22)27-18(5)28-24/h6,8-13,17,23H,1,7,14-16H2,2-5H3,(H,27,28)/t23-/m0/s1. The van der Waals surface area contributed by atoms with E-state index >= 15 is 0 Å². The predicted octanol–water partition coefficient (Wildman–Crippen LogP) is 4.01. The molecule has 0 bridgehead atoms. The second-order valence-corrected chi connectivity index (χ2v) is 10.4. The topological polar surface area (TPSA) is 105 Å². The first-order valence-corrected chi connectivity index (χ1v) is 12.8. The zero-order valence-electron chi connectivity index (χ0n) is 20.1. The molecule has 0 saturated carbocycles. The van der Waals surface area contributed by atoms with E-state index in [1.807, 2.05) is 26.8 Å². The molecular formula is C25H32N4O4S. The van der Waals surface area contributed by atoms with Crippen molar-refractivity contribution in [1.29, 1.82) is 0 Å². The molecule has 3 aromatic rings. The highest BCUT2D eigenvalue weighted by Crippen LogP contribution is 2.24. The highest BCUT2D eigenvalue weighted by Gasteiger charge is 2.36. The summed E-state index contributed by atoms with van der Waals surface area (Å²) in [6, 6.07) is 7.61. The molecule has 0 aliphatic rings. The Bertz CT molecular complexity index is 1250. The summed E-state index contributed by atoms with van der Waals surface area (Å²) in [7, 11) is -3.96. The highest BCUT2D eigenvalue weighted by atomic mass is 32.2. The van der Waals surface area contributed by atoms with Crippen molar-refractivity contribution in [1.82, 2.24) is 19.3 Å². The monoisotopic (exact) mass is 484 g/mol. The molecule has 1 N–H and O–H groups in total. The number of carbonyl (C=O) groups is 1. The summed E-state index contributed by atoms with van der Waals surface area (Å²) in [4.78, 5) is 24.9. The molecule has 0 spiro atoms. The van der Waals surface area contributed by atoms with E-state index in [-0.39, 0.29) is 24.0 Å². The lowest BCUT2D eigenvalue weighted by Crippen LogP contribution is -2.46. The molecule has 1 atom stereocenters. The van der Waals surface area contributed by atoms with Crippen molar-refractivity contribution in [3.63, 3.8) is 0 Å². The SMILES string of the molecule is C=CCN([C@@H](CC(C)C)C(=O)OCC)S(=O)(=O)c1ccc(Cc2nccc3[nH]c(C)nc23)cc1. The Labute approximate surface area is 201 Å². The quantitative estimate of drug-likeness (QED) is 0.326. The smallest absolute Gasteiger partial charge is 0.324 e. The van der Waals surface area contributed by atoms with Crippen LogP contribution in [0.3, 0.4) is 0 Å². The van der Waals surface area contributed by atoms with Crippen LogP contribution in [0.1, 0.15) is 44.3 Å². The third-order valence-electron chi connectivity index (χ3n) is 5.41. The molecule has 34 heavy (non-hydrogen) atoms. The molecule has 2 aromatic heterocycles. The van der Waals surface area contributed by atoms with Gasteiger partial charge in [-0.15, -0.1) is 6.58 Å². The zero-order chi connectivity index (χ0) is 24.9. The van der Waals surface area contributed by atoms with Crippen LogP contribution in [0.15, 0.2) is 54.1 Å². The van der Waals surface area contributed by atoms with Crippen LogP contribution in [-0.4, -0.2) is 52.8 Å². The van der Waals surface area contributed by atoms with E-state index in [0.717, 1.165) is 28.1 Å². The van der Waals surface area contributed by atoms with Gasteiger partial charge in [0, 0.05) is 19.2 Å². The molecule has 182 valence electrons. The normalized spacial score (nSPS) is 12.9. The van der Waals surface area contributed by atoms with Gasteiger partial charge < -0.3 is 9.72 Å². The van der Waals surface area contributed by atoms with Crippen molar-refractivity contribution in [2.75, 3.05) is 13.2 Å². The Morgan fingerprint density at radius 3 is 2.56 bits per heavy atom. The largest absolute Gasteiger partial charge is 0.465 e. The van der Waals surface area contributed by atoms with Crippen LogP contribution >= 0.6 is 0 Å². The van der Waals surface area contributed by atoms with Crippen LogP contribution in [0, 0.1) is 12.8 Å². The number of H-pyrrole nitrogens is 1. The summed E-state index contributed by atoms with van der Waals surface area (Å²) in [5.41, 5.74) is 3.43. The summed E-state index contributed by atoms with van der Waals surface area (Å²) in [5.74, 6) is 0.359. The lowest BCUT2D eigenvalue weighted by molar-refractivity contribution is -0.148. The number of sulfonamides is 1. The number of benzene rings is 1. The second-order valence-electron chi connectivity index (χ2n) is 8.56. The van der Waals surface area contributed by atoms with Gasteiger partial charge in [-0.1, -0.05) is 32.1 Å². The fourth-order valence-electron chi connectivity index (χ4n) is 3.89. The maximum atomic E-state index is 13.5. The van der Waals surface area contributed by atoms with Gasteiger partial charge in [-0.25, -0.2) is 13.4 Å². The third-order valence-corrected chi connectivity index (χ3v) is 7.30. The van der Waals surface area contributed by atoms with Gasteiger partial charge in [0.1, 0.15) is 17.4 Å². The van der Waals surface area contributed by atoms with Crippen molar-refractivity contribution in [2.24, 2.45) is 5.92 Å². The van der Waals surface area contributed by atoms with Gasteiger partial charge in [0.25, 0.3) is 0 Å². The van der Waals surface area contributed by atoms with Gasteiger partial charge >= 0.3 is 5.97 Å². The number of nitrogens with zero attached hydrogens (tertiary/aromatic N) is 3. The molecule has 1 aromatic carbocycles. The Kier molecular flexibility index (Phi) is 8.22. The lowest BCUT2D eigenvalue weighted by atomic mass is 10.0. The molecule has 0 fully saturated rings. The van der Waals surface area contributed by atoms with E-state index in [1.54, 1.807) is 37.4 Å². The van der Waals surface area contributed by atoms with Crippen molar-refractivity contribution in [2.45, 2.75) is 51.5 Å². The second kappa shape index (κ2) is 10.9. The first kappa shape index (κ1) is 25.6. The average molecular weight is 485 g/mol. The van der Waals surface area contributed by atoms with E-state index < -0.39 is 22.0 Å². The number of aromatic amines is 1. The zero-order valence-corrected chi connectivity index (χ0v) is 20.9. The molecule has 0 aliphatic heterocycles. The number of aromatic nitrogens is 3. The Balaban J connectivity index is 1.90. The minimum atomic E-state index is -3.96. The molecular weight excluding hydrogens is 452 g/mol. The molecule has 0 unspecified atom stereocenters. The van der Waals surface area contributed by atoms with Gasteiger partial charge in [-0.2, -0.15) is 4.31 Å². The Hall–Kier alpha value is -3.04. The minimum absolute atomic E-state index is 0.00468. The summed E-state index contributed by atoms with van der Waals surface area (Å²) < 4.78 is 33.5. The van der Waals surface area contributed by atoms with Crippen molar-refractivity contribution < 1.29 is 17.9 Å². The third kappa shape index (κ3) is 5.71. The molecule has 0 aliphatic carbocycles. The number of rotatable bonds is 11. The van der Waals surface area contributed by atoms with Crippen LogP contribution in [0.4, 0.5) is 0 Å². The molecule has 2 heterocycles. The van der Waals surface area contributed by atoms with Gasteiger partial charge in [0.15, 0.2) is 0 Å². The number of aryl methyl sites for hydroxylation is 1. The fraction of sp³-hybridized carbons (Fsp3) is 0.400. The number of hydrogen-bond donors (Lipinski definition) is 1. The first-order chi connectivity index (χ1) is 16.2. The number of hydrogen-bond acceptors (Lipinski definition) is 6. The number of fused-ring (bicyclic) bond motifs is 1. The van der Waals surface area contributed by atoms with E-state index in [2.05, 4.69) is 21.5 Å². The van der Waals surface area contributed by atoms with E-state index in [4.69, 9.17) is 4.74 Å². The highest BCUT2D eigenvalue weighted by molar-refractivity contribution is 7.89. The number of ether oxygens (including phenoxy) is 1. The Morgan fingerprint density at radius 1 is 1.24 bits per heavy atom. The summed E-state index contributed by atoms with van der Waals surface area (Å²) in [6.07, 6.45) is 4.07. The summed E-state index contributed by atoms with van der Waals surface area (Å²) >= 11 is 0. The van der Waals surface area contributed by atoms with Crippen LogP contribution in [-0.2, 0) is 26.0 Å². The van der Waals surface area contributed by atoms with Crippen molar-refractivity contribution >= 4 is 27.0 Å². The number of carbonyl (C=O) groups excluding carboxylic acids is 1. The molecule has 3 rings (SSSR count). The summed E-state index contributed by atoms with van der Waals surface area (Å²) in [6.45, 7) is 11.3. The predicted molar refractivity (Wildman–Crippen MR) is 132 cm³/mol. The van der Waals surface area contributed by atoms with Gasteiger partial charge in [0.2, 0.25) is 10.0 Å². The molecule has 0 amide bonds. The maximum absolute atomic E-state index is 13.5.